The number of nitrogens with two attached hydrogens (primary N) is 1. The summed E-state index contributed by atoms with van der Waals surface area (Å²) in [4.78, 5) is 11.5. The molecule has 0 aliphatic carbocycles. The Kier molecular flexibility index (Phi) is 5.16. The first-order valence-electron chi connectivity index (χ1n) is 5.34. The Morgan fingerprint density at radius 3 is 3.00 bits per heavy atom. The summed E-state index contributed by atoms with van der Waals surface area (Å²) < 4.78 is 5.45. The van der Waals surface area contributed by atoms with Crippen molar-refractivity contribution in [2.24, 2.45) is 5.73 Å². The number of hydrogen-bond donors (Lipinski definition) is 2. The number of nitrogens with one attached hydrogen (secondary N) is 1. The molecule has 84 valence electrons. The van der Waals surface area contributed by atoms with Crippen LogP contribution in [0.5, 0.6) is 0 Å². The molecule has 0 aromatic carbocycles. The van der Waals surface area contributed by atoms with E-state index in [2.05, 4.69) is 11.2 Å². The van der Waals surface area contributed by atoms with Gasteiger partial charge in [0.25, 0.3) is 0 Å². The smallest absolute Gasteiger partial charge is 0.249 e. The van der Waals surface area contributed by atoms with Crippen molar-refractivity contribution < 1.29 is 9.53 Å². The van der Waals surface area contributed by atoms with E-state index >= 15 is 0 Å². The Hall–Kier alpha value is -1.05. The predicted octanol–water partition coefficient (Wildman–Crippen LogP) is 0.0223. The van der Waals surface area contributed by atoms with Crippen molar-refractivity contribution in [3.05, 3.63) is 0 Å². The minimum absolute atomic E-state index is 0.0389. The first-order valence-corrected chi connectivity index (χ1v) is 5.34. The predicted molar refractivity (Wildman–Crippen MR) is 58.0 cm³/mol. The molecule has 2 atom stereocenters. The van der Waals surface area contributed by atoms with Gasteiger partial charge in [-0.2, -0.15) is 0 Å². The van der Waals surface area contributed by atoms with Crippen LogP contribution in [0.15, 0.2) is 0 Å². The molecule has 3 N–H and O–H groups in total. The van der Waals surface area contributed by atoms with Crippen molar-refractivity contribution in [3.8, 4) is 12.3 Å². The normalized spacial score (nSPS) is 24.8. The zero-order chi connectivity index (χ0) is 11.1. The van der Waals surface area contributed by atoms with Gasteiger partial charge in [-0.05, 0) is 19.3 Å². The van der Waals surface area contributed by atoms with Crippen LogP contribution in [-0.4, -0.2) is 31.2 Å². The molecule has 1 amide bonds. The SMILES string of the molecule is C#CCCCNC(=O)C1CCC(CN)O1. The van der Waals surface area contributed by atoms with Gasteiger partial charge >= 0.3 is 0 Å². The number of ether oxygens (including phenoxy) is 1. The molecule has 1 saturated heterocycles. The van der Waals surface area contributed by atoms with Gasteiger partial charge in [-0.3, -0.25) is 4.79 Å². The molecule has 0 saturated carbocycles. The second-order valence-corrected chi connectivity index (χ2v) is 3.66. The summed E-state index contributed by atoms with van der Waals surface area (Å²) >= 11 is 0. The quantitative estimate of drug-likeness (QED) is 0.497. The maximum absolute atomic E-state index is 11.5. The van der Waals surface area contributed by atoms with E-state index < -0.39 is 0 Å². The van der Waals surface area contributed by atoms with Crippen molar-refractivity contribution in [2.75, 3.05) is 13.1 Å². The summed E-state index contributed by atoms with van der Waals surface area (Å²) in [5, 5.41) is 2.80. The van der Waals surface area contributed by atoms with E-state index in [1.54, 1.807) is 0 Å². The second kappa shape index (κ2) is 6.44. The third-order valence-corrected chi connectivity index (χ3v) is 2.46. The average molecular weight is 210 g/mol. The molecule has 1 heterocycles. The van der Waals surface area contributed by atoms with Crippen molar-refractivity contribution in [3.63, 3.8) is 0 Å². The highest BCUT2D eigenvalue weighted by Gasteiger charge is 2.29. The van der Waals surface area contributed by atoms with Gasteiger partial charge in [0.1, 0.15) is 6.10 Å². The van der Waals surface area contributed by atoms with Crippen LogP contribution in [0, 0.1) is 12.3 Å². The van der Waals surface area contributed by atoms with Gasteiger partial charge in [0, 0.05) is 19.5 Å². The van der Waals surface area contributed by atoms with Gasteiger partial charge < -0.3 is 15.8 Å². The lowest BCUT2D eigenvalue weighted by Crippen LogP contribution is -2.35. The first kappa shape index (κ1) is 12.0. The lowest BCUT2D eigenvalue weighted by atomic mass is 10.2. The molecule has 1 aliphatic rings. The first-order chi connectivity index (χ1) is 7.27. The lowest BCUT2D eigenvalue weighted by Gasteiger charge is -2.12. The van der Waals surface area contributed by atoms with Crippen LogP contribution in [0.4, 0.5) is 0 Å². The Morgan fingerprint density at radius 2 is 2.40 bits per heavy atom. The van der Waals surface area contributed by atoms with Crippen molar-refractivity contribution in [1.29, 1.82) is 0 Å². The summed E-state index contributed by atoms with van der Waals surface area (Å²) in [5.74, 6) is 2.49. The van der Waals surface area contributed by atoms with Crippen LogP contribution >= 0.6 is 0 Å². The molecule has 0 spiro atoms. The molecule has 0 radical (unpaired) electrons. The van der Waals surface area contributed by atoms with E-state index in [0.717, 1.165) is 19.3 Å². The molecule has 0 aromatic heterocycles. The standard InChI is InChI=1S/C11H18N2O2/c1-2-3-4-7-13-11(14)10-6-5-9(8-12)15-10/h1,9-10H,3-8,12H2,(H,13,14). The van der Waals surface area contributed by atoms with E-state index in [9.17, 15) is 4.79 Å². The number of carbonyl (C=O) groups is 1. The molecule has 0 aromatic rings. The Morgan fingerprint density at radius 1 is 1.60 bits per heavy atom. The Labute approximate surface area is 90.5 Å². The minimum Gasteiger partial charge on any atom is -0.364 e. The van der Waals surface area contributed by atoms with Crippen LogP contribution in [0.1, 0.15) is 25.7 Å². The Balaban J connectivity index is 2.15. The number of unbranched alkanes of at least 4 members (excludes halogenated alkanes) is 1. The minimum atomic E-state index is -0.315. The average Bonchev–Trinajstić information content (AvgIpc) is 2.72. The van der Waals surface area contributed by atoms with E-state index in [1.165, 1.54) is 0 Å². The molecular weight excluding hydrogens is 192 g/mol. The fourth-order valence-electron chi connectivity index (χ4n) is 1.59. The van der Waals surface area contributed by atoms with Crippen molar-refractivity contribution >= 4 is 5.91 Å². The Bertz CT molecular complexity index is 247. The van der Waals surface area contributed by atoms with Crippen LogP contribution < -0.4 is 11.1 Å². The lowest BCUT2D eigenvalue weighted by molar-refractivity contribution is -0.131. The van der Waals surface area contributed by atoms with Gasteiger partial charge in [0.2, 0.25) is 5.91 Å². The molecule has 4 nitrogen and oxygen atoms in total. The summed E-state index contributed by atoms with van der Waals surface area (Å²) in [7, 11) is 0. The van der Waals surface area contributed by atoms with Crippen LogP contribution in [0.3, 0.4) is 0 Å². The largest absolute Gasteiger partial charge is 0.364 e. The number of carbonyl (C=O) groups excluding carboxylic acids is 1. The van der Waals surface area contributed by atoms with Gasteiger partial charge in [0.05, 0.1) is 6.10 Å². The summed E-state index contributed by atoms with van der Waals surface area (Å²) in [5.41, 5.74) is 5.46. The summed E-state index contributed by atoms with van der Waals surface area (Å²) in [6.07, 6.45) is 7.98. The summed E-state index contributed by atoms with van der Waals surface area (Å²) in [6, 6.07) is 0. The van der Waals surface area contributed by atoms with E-state index in [0.29, 0.717) is 19.5 Å². The number of rotatable bonds is 5. The topological polar surface area (TPSA) is 64.4 Å². The van der Waals surface area contributed by atoms with Crippen LogP contribution in [0.2, 0.25) is 0 Å². The fraction of sp³-hybridized carbons (Fsp3) is 0.727. The highest BCUT2D eigenvalue weighted by molar-refractivity contribution is 5.80. The van der Waals surface area contributed by atoms with Crippen LogP contribution in [0.25, 0.3) is 0 Å². The third kappa shape index (κ3) is 3.90. The van der Waals surface area contributed by atoms with Gasteiger partial charge in [-0.25, -0.2) is 0 Å². The van der Waals surface area contributed by atoms with Crippen molar-refractivity contribution in [1.82, 2.24) is 5.32 Å². The fourth-order valence-corrected chi connectivity index (χ4v) is 1.59. The monoisotopic (exact) mass is 210 g/mol. The van der Waals surface area contributed by atoms with Gasteiger partial charge in [-0.1, -0.05) is 0 Å². The molecule has 1 aliphatic heterocycles. The molecular formula is C11H18N2O2. The van der Waals surface area contributed by atoms with E-state index in [1.807, 2.05) is 0 Å². The number of hydrogen-bond acceptors (Lipinski definition) is 3. The molecule has 1 fully saturated rings. The second-order valence-electron chi connectivity index (χ2n) is 3.66. The van der Waals surface area contributed by atoms with Gasteiger partial charge in [-0.15, -0.1) is 12.3 Å². The number of amides is 1. The molecule has 4 heteroatoms. The molecule has 2 unspecified atom stereocenters. The zero-order valence-corrected chi connectivity index (χ0v) is 8.87. The highest BCUT2D eigenvalue weighted by atomic mass is 16.5. The van der Waals surface area contributed by atoms with Crippen molar-refractivity contribution in [2.45, 2.75) is 37.9 Å². The third-order valence-electron chi connectivity index (χ3n) is 2.46. The molecule has 1 rings (SSSR count). The van der Waals surface area contributed by atoms with Crippen LogP contribution in [-0.2, 0) is 9.53 Å². The zero-order valence-electron chi connectivity index (χ0n) is 8.87. The number of terminal acetylenes is 1. The maximum Gasteiger partial charge on any atom is 0.249 e. The van der Waals surface area contributed by atoms with E-state index in [4.69, 9.17) is 16.9 Å². The highest BCUT2D eigenvalue weighted by Crippen LogP contribution is 2.18. The van der Waals surface area contributed by atoms with Gasteiger partial charge in [0.15, 0.2) is 0 Å². The molecule has 0 bridgehead atoms. The van der Waals surface area contributed by atoms with E-state index in [-0.39, 0.29) is 18.1 Å². The molecule has 15 heavy (non-hydrogen) atoms. The maximum atomic E-state index is 11.5. The summed E-state index contributed by atoms with van der Waals surface area (Å²) in [6.45, 7) is 1.11.